The Hall–Kier alpha value is -0.990. The number of hydrogen-bond donors (Lipinski definition) is 0. The second-order valence-corrected chi connectivity index (χ2v) is 3.14. The largest absolute Gasteiger partial charge is 0.302 e. The van der Waals surface area contributed by atoms with Gasteiger partial charge in [-0.1, -0.05) is 0 Å². The molecule has 62 valence electrons. The fraction of sp³-hybridized carbons (Fsp3) is 0.625. The number of ketones is 2. The third kappa shape index (κ3) is 3.07. The summed E-state index contributed by atoms with van der Waals surface area (Å²) in [7, 11) is 0. The molecule has 0 fully saturated rings. The second-order valence-electron chi connectivity index (χ2n) is 3.14. The molecule has 0 saturated carbocycles. The van der Waals surface area contributed by atoms with Crippen molar-refractivity contribution in [2.45, 2.75) is 27.2 Å². The minimum atomic E-state index is -1.01. The van der Waals surface area contributed by atoms with Gasteiger partial charge in [0.15, 0.2) is 5.78 Å². The fourth-order valence-electron chi connectivity index (χ4n) is 0.520. The van der Waals surface area contributed by atoms with Gasteiger partial charge in [0.1, 0.15) is 12.1 Å². The van der Waals surface area contributed by atoms with E-state index in [-0.39, 0.29) is 18.0 Å². The van der Waals surface area contributed by atoms with E-state index in [1.165, 1.54) is 20.8 Å². The van der Waals surface area contributed by atoms with E-state index >= 15 is 0 Å². The van der Waals surface area contributed by atoms with Crippen molar-refractivity contribution < 1.29 is 14.4 Å². The Kier molecular flexibility index (Phi) is 3.11. The standard InChI is InChI=1S/C8H12O3/c1-6(10)4-7(11)8(2,3)5-9/h5H,4H2,1-3H3. The smallest absolute Gasteiger partial charge is 0.152 e. The number of carbonyl (C=O) groups excluding carboxylic acids is 3. The fourth-order valence-corrected chi connectivity index (χ4v) is 0.520. The van der Waals surface area contributed by atoms with Gasteiger partial charge in [-0.05, 0) is 20.8 Å². The van der Waals surface area contributed by atoms with Crippen molar-refractivity contribution in [3.63, 3.8) is 0 Å². The number of carbonyl (C=O) groups is 3. The van der Waals surface area contributed by atoms with Gasteiger partial charge < -0.3 is 4.79 Å². The van der Waals surface area contributed by atoms with E-state index in [2.05, 4.69) is 0 Å². The Bertz CT molecular complexity index is 192. The molecule has 0 aliphatic carbocycles. The summed E-state index contributed by atoms with van der Waals surface area (Å²) in [6.45, 7) is 4.34. The molecule has 0 bridgehead atoms. The van der Waals surface area contributed by atoms with Gasteiger partial charge >= 0.3 is 0 Å². The van der Waals surface area contributed by atoms with Crippen molar-refractivity contribution in [1.29, 1.82) is 0 Å². The van der Waals surface area contributed by atoms with Crippen LogP contribution in [0.25, 0.3) is 0 Å². The molecule has 0 N–H and O–H groups in total. The molecule has 3 nitrogen and oxygen atoms in total. The normalized spacial score (nSPS) is 10.8. The molecule has 0 radical (unpaired) electrons. The predicted molar refractivity (Wildman–Crippen MR) is 40.2 cm³/mol. The first-order chi connectivity index (χ1) is 4.90. The first-order valence-corrected chi connectivity index (χ1v) is 3.39. The summed E-state index contributed by atoms with van der Waals surface area (Å²) < 4.78 is 0. The van der Waals surface area contributed by atoms with Gasteiger partial charge in [0, 0.05) is 0 Å². The lowest BCUT2D eigenvalue weighted by Crippen LogP contribution is -2.27. The molecule has 0 aliphatic heterocycles. The van der Waals surface area contributed by atoms with Crippen molar-refractivity contribution in [2.75, 3.05) is 0 Å². The van der Waals surface area contributed by atoms with E-state index in [0.29, 0.717) is 6.29 Å². The molecule has 0 spiro atoms. The van der Waals surface area contributed by atoms with Crippen LogP contribution in [0.4, 0.5) is 0 Å². The van der Waals surface area contributed by atoms with Crippen molar-refractivity contribution in [3.8, 4) is 0 Å². The summed E-state index contributed by atoms with van der Waals surface area (Å²) in [6, 6.07) is 0. The molecule has 0 amide bonds. The third-order valence-corrected chi connectivity index (χ3v) is 1.42. The highest BCUT2D eigenvalue weighted by Gasteiger charge is 2.26. The van der Waals surface area contributed by atoms with Gasteiger partial charge in [-0.15, -0.1) is 0 Å². The van der Waals surface area contributed by atoms with Crippen molar-refractivity contribution in [1.82, 2.24) is 0 Å². The van der Waals surface area contributed by atoms with E-state index in [4.69, 9.17) is 0 Å². The lowest BCUT2D eigenvalue weighted by molar-refractivity contribution is -0.134. The molecule has 0 heterocycles. The van der Waals surface area contributed by atoms with Crippen molar-refractivity contribution in [3.05, 3.63) is 0 Å². The predicted octanol–water partition coefficient (Wildman–Crippen LogP) is 0.760. The Morgan fingerprint density at radius 2 is 1.82 bits per heavy atom. The maximum atomic E-state index is 11.1. The molecule has 0 rings (SSSR count). The number of Topliss-reactive ketones (excluding diaryl/α,β-unsaturated/α-hetero) is 2. The molecule has 0 saturated heterocycles. The van der Waals surface area contributed by atoms with Gasteiger partial charge in [-0.2, -0.15) is 0 Å². The Morgan fingerprint density at radius 1 is 1.36 bits per heavy atom. The second kappa shape index (κ2) is 3.42. The highest BCUT2D eigenvalue weighted by atomic mass is 16.2. The molecule has 0 unspecified atom stereocenters. The average molecular weight is 156 g/mol. The van der Waals surface area contributed by atoms with Crippen molar-refractivity contribution >= 4 is 17.9 Å². The van der Waals surface area contributed by atoms with E-state index in [1.807, 2.05) is 0 Å². The van der Waals surface area contributed by atoms with Gasteiger partial charge in [-0.25, -0.2) is 0 Å². The summed E-state index contributed by atoms with van der Waals surface area (Å²) >= 11 is 0. The number of aldehydes is 1. The molecule has 0 atom stereocenters. The molecule has 3 heteroatoms. The SMILES string of the molecule is CC(=O)CC(=O)C(C)(C)C=O. The summed E-state index contributed by atoms with van der Waals surface area (Å²) in [5, 5.41) is 0. The van der Waals surface area contributed by atoms with Crippen LogP contribution in [0.5, 0.6) is 0 Å². The summed E-state index contributed by atoms with van der Waals surface area (Å²) in [5.74, 6) is -0.523. The van der Waals surface area contributed by atoms with Crippen LogP contribution < -0.4 is 0 Å². The van der Waals surface area contributed by atoms with E-state index in [9.17, 15) is 14.4 Å². The van der Waals surface area contributed by atoms with Gasteiger partial charge in [0.05, 0.1) is 11.8 Å². The first kappa shape index (κ1) is 10.0. The van der Waals surface area contributed by atoms with Crippen LogP contribution in [0.15, 0.2) is 0 Å². The molecular weight excluding hydrogens is 144 g/mol. The van der Waals surface area contributed by atoms with E-state index in [0.717, 1.165) is 0 Å². The molecular formula is C8H12O3. The highest BCUT2D eigenvalue weighted by molar-refractivity contribution is 6.06. The van der Waals surface area contributed by atoms with Crippen LogP contribution in [0.1, 0.15) is 27.2 Å². The third-order valence-electron chi connectivity index (χ3n) is 1.42. The lowest BCUT2D eigenvalue weighted by Gasteiger charge is -2.12. The average Bonchev–Trinajstić information content (AvgIpc) is 1.86. The van der Waals surface area contributed by atoms with Crippen LogP contribution in [0, 0.1) is 5.41 Å². The lowest BCUT2D eigenvalue weighted by atomic mass is 9.87. The summed E-state index contributed by atoms with van der Waals surface area (Å²) in [6.07, 6.45) is 0.421. The molecule has 11 heavy (non-hydrogen) atoms. The van der Waals surface area contributed by atoms with E-state index in [1.54, 1.807) is 0 Å². The number of hydrogen-bond acceptors (Lipinski definition) is 3. The van der Waals surface area contributed by atoms with Gasteiger partial charge in [-0.3, -0.25) is 9.59 Å². The quantitative estimate of drug-likeness (QED) is 0.446. The van der Waals surface area contributed by atoms with Crippen LogP contribution in [-0.4, -0.2) is 17.9 Å². The van der Waals surface area contributed by atoms with Crippen LogP contribution in [0.2, 0.25) is 0 Å². The van der Waals surface area contributed by atoms with E-state index < -0.39 is 5.41 Å². The Balaban J connectivity index is 4.24. The summed E-state index contributed by atoms with van der Waals surface area (Å²) in [5.41, 5.74) is -1.01. The Labute approximate surface area is 65.8 Å². The number of rotatable bonds is 4. The molecule has 0 aliphatic rings. The molecule has 0 aromatic heterocycles. The highest BCUT2D eigenvalue weighted by Crippen LogP contribution is 2.14. The van der Waals surface area contributed by atoms with Gasteiger partial charge in [0.25, 0.3) is 0 Å². The minimum absolute atomic E-state index is 0.147. The first-order valence-electron chi connectivity index (χ1n) is 3.39. The maximum absolute atomic E-state index is 11.1. The zero-order chi connectivity index (χ0) is 9.07. The monoisotopic (exact) mass is 156 g/mol. The molecule has 0 aromatic carbocycles. The van der Waals surface area contributed by atoms with Crippen LogP contribution >= 0.6 is 0 Å². The summed E-state index contributed by atoms with van der Waals surface area (Å²) in [4.78, 5) is 31.9. The van der Waals surface area contributed by atoms with Crippen LogP contribution in [0.3, 0.4) is 0 Å². The van der Waals surface area contributed by atoms with Crippen molar-refractivity contribution in [2.24, 2.45) is 5.41 Å². The zero-order valence-corrected chi connectivity index (χ0v) is 7.01. The minimum Gasteiger partial charge on any atom is -0.302 e. The maximum Gasteiger partial charge on any atom is 0.152 e. The topological polar surface area (TPSA) is 51.2 Å². The Morgan fingerprint density at radius 3 is 2.09 bits per heavy atom. The molecule has 0 aromatic rings. The van der Waals surface area contributed by atoms with Crippen LogP contribution in [-0.2, 0) is 14.4 Å². The zero-order valence-electron chi connectivity index (χ0n) is 7.01. The van der Waals surface area contributed by atoms with Gasteiger partial charge in [0.2, 0.25) is 0 Å².